The van der Waals surface area contributed by atoms with E-state index in [4.69, 9.17) is 4.74 Å². The third-order valence-corrected chi connectivity index (χ3v) is 7.08. The molecule has 0 saturated carbocycles. The van der Waals surface area contributed by atoms with Crippen molar-refractivity contribution in [3.63, 3.8) is 0 Å². The van der Waals surface area contributed by atoms with Gasteiger partial charge in [0.05, 0.1) is 37.6 Å². The molecule has 5 rings (SSSR count). The van der Waals surface area contributed by atoms with Gasteiger partial charge in [0.15, 0.2) is 12.0 Å². The summed E-state index contributed by atoms with van der Waals surface area (Å²) in [5.41, 5.74) is 2.98. The summed E-state index contributed by atoms with van der Waals surface area (Å²) in [5, 5.41) is 8.38. The summed E-state index contributed by atoms with van der Waals surface area (Å²) in [5.74, 6) is 1.25. The number of hydrogen-bond acceptors (Lipinski definition) is 8. The molecule has 2 aliphatic rings. The van der Waals surface area contributed by atoms with Crippen molar-refractivity contribution in [3.8, 4) is 22.7 Å². The summed E-state index contributed by atoms with van der Waals surface area (Å²) in [7, 11) is 1.57. The van der Waals surface area contributed by atoms with Gasteiger partial charge in [0.1, 0.15) is 18.0 Å². The van der Waals surface area contributed by atoms with Gasteiger partial charge in [-0.15, -0.1) is 9.65 Å². The number of aromatic nitrogens is 5. The molecule has 186 valence electrons. The standard InChI is InChI=1S/C21H24F3N8O2S/c1-14-9-29(13-25-14)17-6-5-15(8-18(17)34-2)16-10-30(28-26-16)11-20-31-7-3-4-19(31)27-35(33)32(20)12-21(22,23)24/h5-6,8-10,13,20,33H,3-4,7,11-12H2,1-2H3/q+1. The Kier molecular flexibility index (Phi) is 6.19. The number of methoxy groups -OCH3 is 1. The molecule has 0 aliphatic carbocycles. The summed E-state index contributed by atoms with van der Waals surface area (Å²) in [4.78, 5) is 6.06. The Labute approximate surface area is 202 Å². The average molecular weight is 510 g/mol. The van der Waals surface area contributed by atoms with Crippen molar-refractivity contribution in [1.82, 2.24) is 33.8 Å². The molecule has 2 aromatic heterocycles. The second-order valence-corrected chi connectivity index (χ2v) is 9.50. The van der Waals surface area contributed by atoms with Crippen molar-refractivity contribution in [1.29, 1.82) is 0 Å². The lowest BCUT2D eigenvalue weighted by molar-refractivity contribution is -0.144. The molecular weight excluding hydrogens is 485 g/mol. The van der Waals surface area contributed by atoms with Crippen LogP contribution in [0.25, 0.3) is 16.9 Å². The van der Waals surface area contributed by atoms with Crippen LogP contribution in [-0.2, 0) is 18.1 Å². The Balaban J connectivity index is 1.40. The molecule has 1 saturated heterocycles. The normalized spacial score (nSPS) is 20.7. The van der Waals surface area contributed by atoms with E-state index in [9.17, 15) is 17.7 Å². The van der Waals surface area contributed by atoms with Crippen molar-refractivity contribution in [3.05, 3.63) is 42.6 Å². The highest BCUT2D eigenvalue weighted by Gasteiger charge is 2.52. The van der Waals surface area contributed by atoms with Gasteiger partial charge in [0.2, 0.25) is 0 Å². The van der Waals surface area contributed by atoms with Crippen LogP contribution < -0.4 is 4.74 Å². The second-order valence-electron chi connectivity index (χ2n) is 8.36. The minimum absolute atomic E-state index is 0.0929. The number of ether oxygens (including phenoxy) is 1. The highest BCUT2D eigenvalue weighted by molar-refractivity contribution is 7.88. The van der Waals surface area contributed by atoms with Crippen molar-refractivity contribution >= 4 is 17.4 Å². The summed E-state index contributed by atoms with van der Waals surface area (Å²) < 4.78 is 64.1. The molecule has 1 aromatic carbocycles. The van der Waals surface area contributed by atoms with Crippen LogP contribution in [0.4, 0.5) is 13.2 Å². The van der Waals surface area contributed by atoms with E-state index in [0.717, 1.165) is 27.7 Å². The average Bonchev–Trinajstić information content (AvgIpc) is 3.56. The largest absolute Gasteiger partial charge is 0.495 e. The van der Waals surface area contributed by atoms with E-state index in [-0.39, 0.29) is 6.54 Å². The van der Waals surface area contributed by atoms with Gasteiger partial charge in [0.25, 0.3) is 0 Å². The molecule has 2 aliphatic heterocycles. The van der Waals surface area contributed by atoms with Crippen LogP contribution in [0, 0.1) is 6.92 Å². The van der Waals surface area contributed by atoms with Crippen LogP contribution in [0.1, 0.15) is 18.5 Å². The second kappa shape index (κ2) is 9.17. The lowest BCUT2D eigenvalue weighted by Crippen LogP contribution is -2.58. The molecule has 0 bridgehead atoms. The summed E-state index contributed by atoms with van der Waals surface area (Å²) >= 11 is -1.87. The Morgan fingerprint density at radius 2 is 2.09 bits per heavy atom. The molecule has 0 radical (unpaired) electrons. The molecule has 35 heavy (non-hydrogen) atoms. The van der Waals surface area contributed by atoms with Crippen LogP contribution >= 0.6 is 0 Å². The molecule has 0 spiro atoms. The van der Waals surface area contributed by atoms with Gasteiger partial charge in [-0.2, -0.15) is 13.2 Å². The molecular formula is C21H24F3N8O2S+. The quantitative estimate of drug-likeness (QED) is 0.510. The first-order valence-corrected chi connectivity index (χ1v) is 12.0. The number of imidazole rings is 1. The minimum Gasteiger partial charge on any atom is -0.495 e. The van der Waals surface area contributed by atoms with Crippen LogP contribution in [0.5, 0.6) is 5.75 Å². The fraction of sp³-hybridized carbons (Fsp3) is 0.429. The molecule has 10 nitrogen and oxygen atoms in total. The smallest absolute Gasteiger partial charge is 0.406 e. The van der Waals surface area contributed by atoms with Gasteiger partial charge in [-0.1, -0.05) is 11.3 Å². The Morgan fingerprint density at radius 1 is 1.26 bits per heavy atom. The third kappa shape index (κ3) is 4.86. The number of alkyl halides is 3. The zero-order chi connectivity index (χ0) is 24.7. The number of nitrogens with zero attached hydrogens (tertiary/aromatic N) is 8. The Hall–Kier alpha value is -3.10. The van der Waals surface area contributed by atoms with E-state index < -0.39 is 30.4 Å². The predicted molar refractivity (Wildman–Crippen MR) is 124 cm³/mol. The SMILES string of the molecule is COc1cc(-c2cn(CC3N4CCCC4=N[S+](O)N3CC(F)(F)F)nn2)ccc1-n1cnc(C)c1. The number of hydrogen-bond donors (Lipinski definition) is 1. The van der Waals surface area contributed by atoms with Crippen molar-refractivity contribution < 1.29 is 22.5 Å². The van der Waals surface area contributed by atoms with Crippen molar-refractivity contribution in [2.45, 2.75) is 38.7 Å². The number of halogens is 3. The van der Waals surface area contributed by atoms with Gasteiger partial charge >= 0.3 is 17.7 Å². The van der Waals surface area contributed by atoms with Gasteiger partial charge in [-0.05, 0) is 29.8 Å². The summed E-state index contributed by atoms with van der Waals surface area (Å²) in [6, 6.07) is 5.57. The minimum atomic E-state index is -4.47. The van der Waals surface area contributed by atoms with Crippen LogP contribution in [0.3, 0.4) is 0 Å². The molecule has 2 atom stereocenters. The first-order chi connectivity index (χ1) is 16.7. The fourth-order valence-corrected chi connectivity index (χ4v) is 5.48. The zero-order valence-corrected chi connectivity index (χ0v) is 19.9. The topological polar surface area (TPSA) is 96.8 Å². The highest BCUT2D eigenvalue weighted by Crippen LogP contribution is 2.32. The number of amidine groups is 1. The van der Waals surface area contributed by atoms with Crippen LogP contribution in [0.15, 0.2) is 41.3 Å². The lowest BCUT2D eigenvalue weighted by Gasteiger charge is -2.35. The van der Waals surface area contributed by atoms with E-state index >= 15 is 0 Å². The Morgan fingerprint density at radius 3 is 2.80 bits per heavy atom. The van der Waals surface area contributed by atoms with E-state index in [0.29, 0.717) is 30.2 Å². The van der Waals surface area contributed by atoms with E-state index in [1.807, 2.05) is 40.8 Å². The molecule has 2 unspecified atom stereocenters. The first kappa shape index (κ1) is 23.6. The molecule has 0 amide bonds. The molecule has 1 fully saturated rings. The Bertz CT molecular complexity index is 1240. The van der Waals surface area contributed by atoms with Gasteiger partial charge < -0.3 is 14.2 Å². The number of aryl methyl sites for hydroxylation is 1. The molecule has 1 N–H and O–H groups in total. The van der Waals surface area contributed by atoms with E-state index in [2.05, 4.69) is 19.7 Å². The number of rotatable bonds is 6. The van der Waals surface area contributed by atoms with Gasteiger partial charge in [0, 0.05) is 29.1 Å². The maximum atomic E-state index is 13.3. The summed E-state index contributed by atoms with van der Waals surface area (Å²) in [6.45, 7) is 1.30. The zero-order valence-electron chi connectivity index (χ0n) is 19.1. The third-order valence-electron chi connectivity index (χ3n) is 5.91. The maximum Gasteiger partial charge on any atom is 0.406 e. The maximum absolute atomic E-state index is 13.3. The first-order valence-electron chi connectivity index (χ1n) is 10.9. The van der Waals surface area contributed by atoms with E-state index in [1.165, 1.54) is 4.68 Å². The lowest BCUT2D eigenvalue weighted by atomic mass is 10.1. The van der Waals surface area contributed by atoms with Gasteiger partial charge in [-0.25, -0.2) is 9.67 Å². The number of fused-ring (bicyclic) bond motifs is 1. The molecule has 4 heterocycles. The number of benzene rings is 1. The molecule has 3 aromatic rings. The predicted octanol–water partition coefficient (Wildman–Crippen LogP) is 3.07. The highest BCUT2D eigenvalue weighted by atomic mass is 32.2. The van der Waals surface area contributed by atoms with Crippen LogP contribution in [0.2, 0.25) is 0 Å². The van der Waals surface area contributed by atoms with E-state index in [1.54, 1.807) is 19.6 Å². The fourth-order valence-electron chi connectivity index (χ4n) is 4.33. The monoisotopic (exact) mass is 509 g/mol. The van der Waals surface area contributed by atoms with Crippen molar-refractivity contribution in [2.24, 2.45) is 4.40 Å². The summed E-state index contributed by atoms with van der Waals surface area (Å²) in [6.07, 6.45) is 1.46. The van der Waals surface area contributed by atoms with Crippen molar-refractivity contribution in [2.75, 3.05) is 20.2 Å². The van der Waals surface area contributed by atoms with Gasteiger partial charge in [-0.3, -0.25) is 0 Å². The molecule has 14 heteroatoms. The van der Waals surface area contributed by atoms with Crippen LogP contribution in [-0.4, -0.2) is 76.7 Å².